The first-order valence-corrected chi connectivity index (χ1v) is 8.77. The second-order valence-electron chi connectivity index (χ2n) is 6.18. The fraction of sp³-hybridized carbons (Fsp3) is 0.150. The number of aromatic nitrogens is 1. The molecule has 4 rings (SSSR count). The maximum absolute atomic E-state index is 14.5. The molecule has 132 valence electrons. The summed E-state index contributed by atoms with van der Waals surface area (Å²) in [6.45, 7) is 1.38. The van der Waals surface area contributed by atoms with E-state index in [4.69, 9.17) is 12.2 Å². The standard InChI is InChI=1S/C20H17F2N3S/c21-14-5-3-6-15(13-14)23-20(26)25-12-11-24-10-4-9-18(24)19(25)16-7-1-2-8-17(16)22/h1-10,13,19H,11-12H2,(H,23,26)/t19-/m1/s1. The number of thiocarbonyl (C=S) groups is 1. The summed E-state index contributed by atoms with van der Waals surface area (Å²) in [7, 11) is 0. The van der Waals surface area contributed by atoms with Gasteiger partial charge in [-0.3, -0.25) is 0 Å². The molecule has 26 heavy (non-hydrogen) atoms. The third-order valence-electron chi connectivity index (χ3n) is 4.57. The Morgan fingerprint density at radius 3 is 2.65 bits per heavy atom. The van der Waals surface area contributed by atoms with Crippen molar-refractivity contribution in [2.24, 2.45) is 0 Å². The van der Waals surface area contributed by atoms with E-state index in [9.17, 15) is 8.78 Å². The molecular weight excluding hydrogens is 352 g/mol. The van der Waals surface area contributed by atoms with Gasteiger partial charge in [-0.15, -0.1) is 0 Å². The van der Waals surface area contributed by atoms with Crippen molar-refractivity contribution in [3.05, 3.63) is 89.8 Å². The first-order valence-electron chi connectivity index (χ1n) is 8.36. The average Bonchev–Trinajstić information content (AvgIpc) is 3.10. The monoisotopic (exact) mass is 369 g/mol. The summed E-state index contributed by atoms with van der Waals surface area (Å²) in [5, 5.41) is 3.52. The number of rotatable bonds is 2. The van der Waals surface area contributed by atoms with Crippen molar-refractivity contribution in [1.82, 2.24) is 9.47 Å². The molecule has 0 aliphatic carbocycles. The Balaban J connectivity index is 1.70. The zero-order valence-corrected chi connectivity index (χ0v) is 14.7. The predicted octanol–water partition coefficient (Wildman–Crippen LogP) is 4.57. The molecule has 3 nitrogen and oxygen atoms in total. The number of hydrogen-bond donors (Lipinski definition) is 1. The second kappa shape index (κ2) is 6.88. The number of anilines is 1. The van der Waals surface area contributed by atoms with Crippen LogP contribution in [-0.2, 0) is 6.54 Å². The molecule has 0 radical (unpaired) electrons. The zero-order chi connectivity index (χ0) is 18.1. The van der Waals surface area contributed by atoms with E-state index >= 15 is 0 Å². The number of hydrogen-bond acceptors (Lipinski definition) is 1. The maximum atomic E-state index is 14.5. The summed E-state index contributed by atoms with van der Waals surface area (Å²) in [4.78, 5) is 1.95. The molecular formula is C20H17F2N3S. The number of fused-ring (bicyclic) bond motifs is 1. The van der Waals surface area contributed by atoms with Gasteiger partial charge in [0.1, 0.15) is 11.6 Å². The summed E-state index contributed by atoms with van der Waals surface area (Å²) in [6, 6.07) is 16.5. The van der Waals surface area contributed by atoms with Gasteiger partial charge in [-0.05, 0) is 48.6 Å². The van der Waals surface area contributed by atoms with E-state index in [1.807, 2.05) is 29.3 Å². The molecule has 0 spiro atoms. The van der Waals surface area contributed by atoms with Gasteiger partial charge >= 0.3 is 0 Å². The van der Waals surface area contributed by atoms with Gasteiger partial charge in [-0.2, -0.15) is 0 Å². The second-order valence-corrected chi connectivity index (χ2v) is 6.57. The molecule has 1 atom stereocenters. The first kappa shape index (κ1) is 16.7. The van der Waals surface area contributed by atoms with Gasteiger partial charge in [0, 0.05) is 36.2 Å². The average molecular weight is 369 g/mol. The fourth-order valence-corrected chi connectivity index (χ4v) is 3.70. The quantitative estimate of drug-likeness (QED) is 0.669. The fourth-order valence-electron chi connectivity index (χ4n) is 3.39. The topological polar surface area (TPSA) is 20.2 Å². The summed E-state index contributed by atoms with van der Waals surface area (Å²) >= 11 is 5.58. The van der Waals surface area contributed by atoms with E-state index in [2.05, 4.69) is 9.88 Å². The van der Waals surface area contributed by atoms with E-state index in [0.29, 0.717) is 22.9 Å². The van der Waals surface area contributed by atoms with E-state index < -0.39 is 0 Å². The van der Waals surface area contributed by atoms with Crippen molar-refractivity contribution in [3.8, 4) is 0 Å². The summed E-state index contributed by atoms with van der Waals surface area (Å²) < 4.78 is 30.1. The van der Waals surface area contributed by atoms with Gasteiger partial charge in [0.25, 0.3) is 0 Å². The maximum Gasteiger partial charge on any atom is 0.174 e. The molecule has 6 heteroatoms. The highest BCUT2D eigenvalue weighted by molar-refractivity contribution is 7.80. The Morgan fingerprint density at radius 1 is 1.00 bits per heavy atom. The summed E-state index contributed by atoms with van der Waals surface area (Å²) in [6.07, 6.45) is 1.99. The Morgan fingerprint density at radius 2 is 1.85 bits per heavy atom. The molecule has 1 aliphatic rings. The molecule has 1 aromatic heterocycles. The van der Waals surface area contributed by atoms with Crippen LogP contribution in [-0.4, -0.2) is 21.1 Å². The minimum atomic E-state index is -0.339. The molecule has 3 aromatic rings. The van der Waals surface area contributed by atoms with E-state index in [0.717, 1.165) is 12.2 Å². The molecule has 1 aliphatic heterocycles. The minimum absolute atomic E-state index is 0.272. The Kier molecular flexibility index (Phi) is 4.42. The number of nitrogens with one attached hydrogen (secondary N) is 1. The minimum Gasteiger partial charge on any atom is -0.348 e. The van der Waals surface area contributed by atoms with Crippen LogP contribution in [0.4, 0.5) is 14.5 Å². The van der Waals surface area contributed by atoms with Crippen LogP contribution in [0.2, 0.25) is 0 Å². The number of benzene rings is 2. The van der Waals surface area contributed by atoms with Crippen LogP contribution in [0, 0.1) is 11.6 Å². The molecule has 0 saturated heterocycles. The number of nitrogens with zero attached hydrogens (tertiary/aromatic N) is 2. The Labute approximate surface area is 155 Å². The highest BCUT2D eigenvalue weighted by Gasteiger charge is 2.32. The van der Waals surface area contributed by atoms with E-state index in [-0.39, 0.29) is 17.7 Å². The van der Waals surface area contributed by atoms with Crippen molar-refractivity contribution in [3.63, 3.8) is 0 Å². The lowest BCUT2D eigenvalue weighted by Gasteiger charge is -2.39. The SMILES string of the molecule is Fc1cccc(NC(=S)N2CCn3cccc3[C@H]2c2ccccc2F)c1. The third-order valence-corrected chi connectivity index (χ3v) is 4.91. The van der Waals surface area contributed by atoms with Crippen LogP contribution >= 0.6 is 12.2 Å². The molecule has 0 bridgehead atoms. The van der Waals surface area contributed by atoms with Crippen LogP contribution < -0.4 is 5.32 Å². The molecule has 2 aromatic carbocycles. The van der Waals surface area contributed by atoms with Gasteiger partial charge in [-0.25, -0.2) is 8.78 Å². The number of halogens is 2. The lowest BCUT2D eigenvalue weighted by atomic mass is 10.00. The van der Waals surface area contributed by atoms with Gasteiger partial charge in [-0.1, -0.05) is 24.3 Å². The summed E-state index contributed by atoms with van der Waals surface area (Å²) in [5.41, 5.74) is 2.11. The normalized spacial score (nSPS) is 16.2. The van der Waals surface area contributed by atoms with Crippen LogP contribution in [0.15, 0.2) is 66.9 Å². The van der Waals surface area contributed by atoms with Crippen molar-refractivity contribution < 1.29 is 8.78 Å². The van der Waals surface area contributed by atoms with Crippen molar-refractivity contribution in [2.75, 3.05) is 11.9 Å². The highest BCUT2D eigenvalue weighted by atomic mass is 32.1. The lowest BCUT2D eigenvalue weighted by molar-refractivity contribution is 0.288. The van der Waals surface area contributed by atoms with Crippen molar-refractivity contribution in [2.45, 2.75) is 12.6 Å². The van der Waals surface area contributed by atoms with Gasteiger partial charge in [0.05, 0.1) is 6.04 Å². The van der Waals surface area contributed by atoms with Gasteiger partial charge in [0.2, 0.25) is 0 Å². The van der Waals surface area contributed by atoms with Crippen LogP contribution in [0.25, 0.3) is 0 Å². The third kappa shape index (κ3) is 3.08. The highest BCUT2D eigenvalue weighted by Crippen LogP contribution is 2.34. The molecule has 1 N–H and O–H groups in total. The zero-order valence-electron chi connectivity index (χ0n) is 13.9. The summed E-state index contributed by atoms with van der Waals surface area (Å²) in [5.74, 6) is -0.610. The van der Waals surface area contributed by atoms with Crippen molar-refractivity contribution >= 4 is 23.0 Å². The van der Waals surface area contributed by atoms with Crippen molar-refractivity contribution in [1.29, 1.82) is 0 Å². The molecule has 0 saturated carbocycles. The molecule has 0 unspecified atom stereocenters. The lowest BCUT2D eigenvalue weighted by Crippen LogP contribution is -2.44. The Hall–Kier alpha value is -2.73. The first-order chi connectivity index (χ1) is 12.6. The van der Waals surface area contributed by atoms with Crippen LogP contribution in [0.5, 0.6) is 0 Å². The molecule has 0 fully saturated rings. The molecule has 0 amide bonds. The van der Waals surface area contributed by atoms with Crippen LogP contribution in [0.1, 0.15) is 17.3 Å². The van der Waals surface area contributed by atoms with Gasteiger partial charge < -0.3 is 14.8 Å². The predicted molar refractivity (Wildman–Crippen MR) is 102 cm³/mol. The Bertz CT molecular complexity index is 953. The smallest absolute Gasteiger partial charge is 0.174 e. The van der Waals surface area contributed by atoms with Gasteiger partial charge in [0.15, 0.2) is 5.11 Å². The molecule has 2 heterocycles. The van der Waals surface area contributed by atoms with E-state index in [1.165, 1.54) is 18.2 Å². The van der Waals surface area contributed by atoms with E-state index in [1.54, 1.807) is 24.3 Å². The largest absolute Gasteiger partial charge is 0.348 e. The van der Waals surface area contributed by atoms with Crippen LogP contribution in [0.3, 0.4) is 0 Å².